The Hall–Kier alpha value is -5.78. The van der Waals surface area contributed by atoms with Gasteiger partial charge in [0.05, 0.1) is 35.4 Å². The van der Waals surface area contributed by atoms with Crippen molar-refractivity contribution in [3.05, 3.63) is 110 Å². The molecular formula is C46H51Cl2F3N12O6S3. The van der Waals surface area contributed by atoms with Crippen LogP contribution in [0.5, 0.6) is 0 Å². The highest BCUT2D eigenvalue weighted by molar-refractivity contribution is 8.76. The van der Waals surface area contributed by atoms with E-state index >= 15 is 0 Å². The third-order valence-corrected chi connectivity index (χ3v) is 15.9. The first-order chi connectivity index (χ1) is 34.6. The van der Waals surface area contributed by atoms with E-state index in [-0.39, 0.29) is 60.3 Å². The van der Waals surface area contributed by atoms with Crippen molar-refractivity contribution in [2.45, 2.75) is 87.5 Å². The van der Waals surface area contributed by atoms with Gasteiger partial charge in [-0.25, -0.2) is 4.79 Å². The molecule has 18 nitrogen and oxygen atoms in total. The van der Waals surface area contributed by atoms with Crippen LogP contribution in [-0.2, 0) is 31.9 Å². The molecular weight excluding hydrogens is 1040 g/mol. The second-order valence-electron chi connectivity index (χ2n) is 16.5. The predicted octanol–water partition coefficient (Wildman–Crippen LogP) is 8.21. The van der Waals surface area contributed by atoms with Gasteiger partial charge in [0.25, 0.3) is 11.8 Å². The number of aromatic nitrogens is 2. The molecule has 2 aliphatic rings. The van der Waals surface area contributed by atoms with Crippen molar-refractivity contribution in [2.75, 3.05) is 30.3 Å². The normalized spacial score (nSPS) is 16.6. The molecule has 2 saturated heterocycles. The quantitative estimate of drug-likeness (QED) is 0.00489. The van der Waals surface area contributed by atoms with Gasteiger partial charge in [-0.1, -0.05) is 74.5 Å². The summed E-state index contributed by atoms with van der Waals surface area (Å²) in [6, 6.07) is 13.1. The minimum Gasteiger partial charge on any atom is -0.356 e. The summed E-state index contributed by atoms with van der Waals surface area (Å²) in [5.41, 5.74) is 13.9. The molecule has 0 saturated carbocycles. The van der Waals surface area contributed by atoms with Crippen molar-refractivity contribution in [2.24, 2.45) is 5.11 Å². The number of hydrogen-bond donors (Lipinski definition) is 7. The summed E-state index contributed by atoms with van der Waals surface area (Å²) in [7, 11) is 2.78. The van der Waals surface area contributed by atoms with E-state index in [1.807, 2.05) is 11.8 Å². The third kappa shape index (κ3) is 16.9. The average molecular weight is 1090 g/mol. The monoisotopic (exact) mass is 1090 g/mol. The number of halogens is 5. The lowest BCUT2D eigenvalue weighted by Gasteiger charge is -2.19. The van der Waals surface area contributed by atoms with Crippen molar-refractivity contribution >= 4 is 115 Å². The minimum atomic E-state index is -4.60. The Morgan fingerprint density at radius 3 is 2.49 bits per heavy atom. The SMILES string of the molecule is [N-]=[N+]=Nc1ccc(C(=O)NC(CCCCNC(=O)CCCCC2SC[C@@H]3NC(=O)N[C@H]23)C(=O)NCCSSCCC(=O)NNC(=O)C=Cc2nn(Cc3ccc(Cl)cc3Cl)c3cc(C(F)(F)F)ccc23)cc1. The van der Waals surface area contributed by atoms with Crippen LogP contribution in [0.25, 0.3) is 27.4 Å². The fourth-order valence-corrected chi connectivity index (χ4v) is 11.6. The Labute approximate surface area is 434 Å². The standard InChI is InChI=1S/C46H51Cl2F3N12O6S3/c47-30-12-8-28(33(48)24-30)25-63-37-23-29(46(49,50)51)11-15-32(37)34(61-63)16-17-40(65)59-60-41(66)18-21-71-72-22-20-54-44(68)35(55-43(67)27-9-13-31(14-10-27)58-62-52)5-3-4-19-53-39(64)7-2-1-6-38-42-36(26-70-38)56-45(69)57-42/h8-17,23-24,35-36,38,42H,1-7,18-22,25-26H2,(H,53,64)(H,54,68)(H,55,67)(H,59,65)(H,60,66)(H2,56,57,69)/t35?,36-,38?,42-/m0/s1. The van der Waals surface area contributed by atoms with E-state index in [0.29, 0.717) is 75.7 Å². The molecule has 0 bridgehead atoms. The van der Waals surface area contributed by atoms with E-state index in [2.05, 4.69) is 52.6 Å². The number of urea groups is 1. The number of unbranched alkanes of at least 4 members (excludes halogenated alkanes) is 2. The molecule has 0 radical (unpaired) electrons. The number of fused-ring (bicyclic) bond motifs is 2. The van der Waals surface area contributed by atoms with E-state index in [4.69, 9.17) is 28.7 Å². The molecule has 0 spiro atoms. The number of azide groups is 1. The Morgan fingerprint density at radius 2 is 1.72 bits per heavy atom. The maximum atomic E-state index is 13.6. The van der Waals surface area contributed by atoms with Crippen LogP contribution < -0.4 is 37.4 Å². The summed E-state index contributed by atoms with van der Waals surface area (Å²) in [5, 5.41) is 23.8. The van der Waals surface area contributed by atoms with Crippen molar-refractivity contribution in [1.82, 2.24) is 47.2 Å². The highest BCUT2D eigenvalue weighted by Gasteiger charge is 2.42. The molecule has 3 heterocycles. The maximum Gasteiger partial charge on any atom is 0.416 e. The number of rotatable bonds is 25. The van der Waals surface area contributed by atoms with Crippen LogP contribution in [0.3, 0.4) is 0 Å². The summed E-state index contributed by atoms with van der Waals surface area (Å²) < 4.78 is 42.2. The third-order valence-electron chi connectivity index (χ3n) is 11.4. The van der Waals surface area contributed by atoms with Gasteiger partial charge in [0.1, 0.15) is 6.04 Å². The van der Waals surface area contributed by atoms with Crippen molar-refractivity contribution in [1.29, 1.82) is 0 Å². The van der Waals surface area contributed by atoms with Crippen LogP contribution in [0.15, 0.2) is 71.9 Å². The fraction of sp³-hybridized carbons (Fsp3) is 0.413. The van der Waals surface area contributed by atoms with Crippen LogP contribution in [0.1, 0.15) is 78.5 Å². The smallest absolute Gasteiger partial charge is 0.356 e. The number of hydrogen-bond acceptors (Lipinski definition) is 11. The predicted molar refractivity (Wildman–Crippen MR) is 275 cm³/mol. The molecule has 384 valence electrons. The van der Waals surface area contributed by atoms with Crippen LogP contribution >= 0.6 is 56.6 Å². The summed E-state index contributed by atoms with van der Waals surface area (Å²) in [6.45, 7) is 0.684. The fourth-order valence-electron chi connectivity index (χ4n) is 7.72. The average Bonchev–Trinajstić information content (AvgIpc) is 4.02. The van der Waals surface area contributed by atoms with Gasteiger partial charge < -0.3 is 26.6 Å². The van der Waals surface area contributed by atoms with Crippen LogP contribution in [0, 0.1) is 0 Å². The van der Waals surface area contributed by atoms with Gasteiger partial charge in [0.15, 0.2) is 0 Å². The Bertz CT molecular complexity index is 2680. The Balaban J connectivity index is 0.884. The first-order valence-electron chi connectivity index (χ1n) is 22.8. The van der Waals surface area contributed by atoms with Crippen molar-refractivity contribution < 1.29 is 41.9 Å². The van der Waals surface area contributed by atoms with E-state index < -0.39 is 41.4 Å². The summed E-state index contributed by atoms with van der Waals surface area (Å²) in [6.07, 6.45) is 2.15. The number of thioether (sulfide) groups is 1. The highest BCUT2D eigenvalue weighted by atomic mass is 35.5. The van der Waals surface area contributed by atoms with E-state index in [0.717, 1.165) is 43.2 Å². The summed E-state index contributed by atoms with van der Waals surface area (Å²) >= 11 is 14.2. The Kier molecular flexibility index (Phi) is 21.1. The molecule has 4 aromatic rings. The topological polar surface area (TPSA) is 253 Å². The zero-order valence-electron chi connectivity index (χ0n) is 38.4. The van der Waals surface area contributed by atoms with Gasteiger partial charge in [-0.05, 0) is 91.7 Å². The molecule has 26 heteroatoms. The molecule has 72 heavy (non-hydrogen) atoms. The molecule has 7 N–H and O–H groups in total. The van der Waals surface area contributed by atoms with Gasteiger partial charge >= 0.3 is 12.2 Å². The molecule has 0 aliphatic carbocycles. The lowest BCUT2D eigenvalue weighted by molar-refractivity contribution is -0.137. The number of amides is 7. The van der Waals surface area contributed by atoms with Gasteiger partial charge in [0.2, 0.25) is 17.7 Å². The van der Waals surface area contributed by atoms with Gasteiger partial charge in [0, 0.05) is 86.1 Å². The van der Waals surface area contributed by atoms with Crippen LogP contribution in [0.4, 0.5) is 23.7 Å². The summed E-state index contributed by atoms with van der Waals surface area (Å²) in [5.74, 6) is -0.422. The lowest BCUT2D eigenvalue weighted by atomic mass is 10.0. The van der Waals surface area contributed by atoms with E-state index in [9.17, 15) is 41.9 Å². The molecule has 1 aromatic heterocycles. The molecule has 4 atom stereocenters. The molecule has 2 unspecified atom stereocenters. The van der Waals surface area contributed by atoms with Crippen LogP contribution in [0.2, 0.25) is 10.0 Å². The van der Waals surface area contributed by atoms with Gasteiger partial charge in [-0.3, -0.25) is 39.5 Å². The molecule has 2 fully saturated rings. The number of nitrogens with one attached hydrogen (secondary N) is 7. The highest BCUT2D eigenvalue weighted by Crippen LogP contribution is 2.35. The second-order valence-corrected chi connectivity index (χ2v) is 21.4. The minimum absolute atomic E-state index is 0.0195. The number of carbonyl (C=O) groups is 6. The molecule has 7 amide bonds. The lowest BCUT2D eigenvalue weighted by Crippen LogP contribution is -2.47. The summed E-state index contributed by atoms with van der Waals surface area (Å²) in [4.78, 5) is 78.4. The zero-order valence-corrected chi connectivity index (χ0v) is 42.4. The second kappa shape index (κ2) is 27.3. The first-order valence-corrected chi connectivity index (χ1v) is 27.1. The zero-order chi connectivity index (χ0) is 51.6. The molecule has 3 aromatic carbocycles. The number of alkyl halides is 3. The van der Waals surface area contributed by atoms with Gasteiger partial charge in [-0.2, -0.15) is 30.0 Å². The maximum absolute atomic E-state index is 13.6. The number of benzene rings is 3. The van der Waals surface area contributed by atoms with Crippen LogP contribution in [-0.4, -0.2) is 99.1 Å². The van der Waals surface area contributed by atoms with Crippen molar-refractivity contribution in [3.63, 3.8) is 0 Å². The van der Waals surface area contributed by atoms with E-state index in [1.165, 1.54) is 68.7 Å². The number of hydrazine groups is 1. The molecule has 2 aliphatic heterocycles. The Morgan fingerprint density at radius 1 is 0.931 bits per heavy atom. The molecule has 6 rings (SSSR count). The van der Waals surface area contributed by atoms with Crippen molar-refractivity contribution in [3.8, 4) is 0 Å². The number of nitrogens with zero attached hydrogens (tertiary/aromatic N) is 5. The number of carbonyl (C=O) groups excluding carboxylic acids is 6. The first kappa shape index (κ1) is 55.5. The van der Waals surface area contributed by atoms with E-state index in [1.54, 1.807) is 12.1 Å². The van der Waals surface area contributed by atoms with Gasteiger partial charge in [-0.15, -0.1) is 0 Å². The largest absolute Gasteiger partial charge is 0.416 e.